The van der Waals surface area contributed by atoms with Gasteiger partial charge in [0.05, 0.1) is 13.2 Å². The van der Waals surface area contributed by atoms with Crippen LogP contribution in [0.5, 0.6) is 5.75 Å². The molecular weight excluding hydrogens is 238 g/mol. The average molecular weight is 259 g/mol. The maximum atomic E-state index is 5.79. The summed E-state index contributed by atoms with van der Waals surface area (Å²) in [6, 6.07) is 0. The van der Waals surface area contributed by atoms with E-state index in [1.807, 2.05) is 13.8 Å². The van der Waals surface area contributed by atoms with Gasteiger partial charge < -0.3 is 20.1 Å². The van der Waals surface area contributed by atoms with Gasteiger partial charge in [-0.05, 0) is 32.3 Å². The highest BCUT2D eigenvalue weighted by Gasteiger charge is 2.17. The van der Waals surface area contributed by atoms with Gasteiger partial charge in [0.15, 0.2) is 16.6 Å². The average Bonchev–Trinajstić information content (AvgIpc) is 2.68. The summed E-state index contributed by atoms with van der Waals surface area (Å²) in [5.74, 6) is 1.18. The van der Waals surface area contributed by atoms with E-state index in [2.05, 4.69) is 16.2 Å². The second kappa shape index (κ2) is 7.34. The van der Waals surface area contributed by atoms with Crippen molar-refractivity contribution in [2.45, 2.75) is 20.8 Å². The molecule has 17 heavy (non-hydrogen) atoms. The van der Waals surface area contributed by atoms with Crippen molar-refractivity contribution in [3.05, 3.63) is 0 Å². The fourth-order valence-electron chi connectivity index (χ4n) is 1.49. The minimum absolute atomic E-state index is 0.474. The third-order valence-electron chi connectivity index (χ3n) is 2.32. The number of nitrogen functional groups attached to an aromatic ring is 1. The van der Waals surface area contributed by atoms with Crippen molar-refractivity contribution in [2.24, 2.45) is 0 Å². The third kappa shape index (κ3) is 3.74. The van der Waals surface area contributed by atoms with Crippen LogP contribution in [0, 0.1) is 0 Å². The van der Waals surface area contributed by atoms with E-state index >= 15 is 0 Å². The zero-order chi connectivity index (χ0) is 12.7. The topological polar surface area (TPSA) is 60.6 Å². The fraction of sp³-hybridized carbons (Fsp3) is 0.727. The van der Waals surface area contributed by atoms with Crippen molar-refractivity contribution in [3.63, 3.8) is 0 Å². The van der Waals surface area contributed by atoms with E-state index in [0.717, 1.165) is 24.7 Å². The van der Waals surface area contributed by atoms with Crippen LogP contribution in [0.3, 0.4) is 0 Å². The van der Waals surface area contributed by atoms with Gasteiger partial charge in [-0.2, -0.15) is 4.37 Å². The van der Waals surface area contributed by atoms with Crippen LogP contribution in [0.4, 0.5) is 10.8 Å². The maximum absolute atomic E-state index is 5.79. The second-order valence-corrected chi connectivity index (χ2v) is 4.16. The Labute approximate surface area is 107 Å². The lowest BCUT2D eigenvalue weighted by molar-refractivity contribution is 0.154. The van der Waals surface area contributed by atoms with E-state index in [1.54, 1.807) is 0 Å². The standard InChI is InChI=1S/C11H21N3O2S/c1-4-14(7-8-15-5-2)11-9(16-6-3)10(12)13-17-11/h4-8H2,1-3H3,(H2,12,13). The van der Waals surface area contributed by atoms with Crippen molar-refractivity contribution < 1.29 is 9.47 Å². The largest absolute Gasteiger partial charge is 0.487 e. The first-order chi connectivity index (χ1) is 8.24. The Morgan fingerprint density at radius 1 is 1.29 bits per heavy atom. The number of hydrogen-bond donors (Lipinski definition) is 1. The van der Waals surface area contributed by atoms with Crippen molar-refractivity contribution >= 4 is 22.4 Å². The summed E-state index contributed by atoms with van der Waals surface area (Å²) in [6.07, 6.45) is 0. The molecule has 6 heteroatoms. The van der Waals surface area contributed by atoms with Gasteiger partial charge in [0.25, 0.3) is 0 Å². The number of hydrogen-bond acceptors (Lipinski definition) is 6. The molecule has 1 aromatic heterocycles. The number of likely N-dealkylation sites (N-methyl/N-ethyl adjacent to an activating group) is 1. The van der Waals surface area contributed by atoms with Crippen molar-refractivity contribution in [2.75, 3.05) is 43.5 Å². The monoisotopic (exact) mass is 259 g/mol. The van der Waals surface area contributed by atoms with E-state index in [-0.39, 0.29) is 0 Å². The number of ether oxygens (including phenoxy) is 2. The van der Waals surface area contributed by atoms with Gasteiger partial charge in [-0.15, -0.1) is 0 Å². The lowest BCUT2D eigenvalue weighted by Gasteiger charge is -2.21. The number of aromatic nitrogens is 1. The van der Waals surface area contributed by atoms with E-state index in [0.29, 0.717) is 24.8 Å². The van der Waals surface area contributed by atoms with E-state index in [4.69, 9.17) is 15.2 Å². The minimum atomic E-state index is 0.474. The highest BCUT2D eigenvalue weighted by atomic mass is 32.1. The van der Waals surface area contributed by atoms with E-state index in [9.17, 15) is 0 Å². The lowest BCUT2D eigenvalue weighted by atomic mass is 10.4. The van der Waals surface area contributed by atoms with Crippen LogP contribution in [-0.2, 0) is 4.74 Å². The van der Waals surface area contributed by atoms with Gasteiger partial charge in [-0.3, -0.25) is 0 Å². The first kappa shape index (κ1) is 14.1. The molecule has 0 aromatic carbocycles. The molecule has 0 spiro atoms. The van der Waals surface area contributed by atoms with Crippen molar-refractivity contribution in [3.8, 4) is 5.75 Å². The predicted octanol–water partition coefficient (Wildman–Crippen LogP) is 1.99. The molecule has 0 unspecified atom stereocenters. The molecule has 98 valence electrons. The molecule has 0 atom stereocenters. The number of nitrogens with zero attached hydrogens (tertiary/aromatic N) is 2. The normalized spacial score (nSPS) is 10.5. The van der Waals surface area contributed by atoms with Crippen LogP contribution in [0.15, 0.2) is 0 Å². The SMILES string of the molecule is CCOCCN(CC)c1snc(N)c1OCC. The first-order valence-corrected chi connectivity index (χ1v) is 6.72. The quantitative estimate of drug-likeness (QED) is 0.723. The molecule has 5 nitrogen and oxygen atoms in total. The summed E-state index contributed by atoms with van der Waals surface area (Å²) in [7, 11) is 0. The molecule has 1 rings (SSSR count). The Hall–Kier alpha value is -1.01. The first-order valence-electron chi connectivity index (χ1n) is 5.95. The van der Waals surface area contributed by atoms with Gasteiger partial charge >= 0.3 is 0 Å². The van der Waals surface area contributed by atoms with E-state index < -0.39 is 0 Å². The van der Waals surface area contributed by atoms with Crippen LogP contribution in [0.25, 0.3) is 0 Å². The maximum Gasteiger partial charge on any atom is 0.197 e. The molecule has 0 radical (unpaired) electrons. The zero-order valence-electron chi connectivity index (χ0n) is 10.7. The van der Waals surface area contributed by atoms with Crippen LogP contribution < -0.4 is 15.4 Å². The molecule has 0 aliphatic heterocycles. The van der Waals surface area contributed by atoms with Crippen LogP contribution in [0.2, 0.25) is 0 Å². The molecule has 0 saturated carbocycles. The Kier molecular flexibility index (Phi) is 6.07. The van der Waals surface area contributed by atoms with Crippen LogP contribution in [0.1, 0.15) is 20.8 Å². The Balaban J connectivity index is 2.72. The number of rotatable bonds is 8. The highest BCUT2D eigenvalue weighted by Crippen LogP contribution is 2.37. The smallest absolute Gasteiger partial charge is 0.197 e. The van der Waals surface area contributed by atoms with Gasteiger partial charge in [-0.25, -0.2) is 0 Å². The fourth-order valence-corrected chi connectivity index (χ4v) is 2.34. The van der Waals surface area contributed by atoms with Gasteiger partial charge in [0.2, 0.25) is 0 Å². The van der Waals surface area contributed by atoms with Crippen LogP contribution >= 0.6 is 11.5 Å². The Morgan fingerprint density at radius 2 is 2.06 bits per heavy atom. The van der Waals surface area contributed by atoms with Gasteiger partial charge in [0.1, 0.15) is 0 Å². The second-order valence-electron chi connectivity index (χ2n) is 3.41. The Morgan fingerprint density at radius 3 is 2.65 bits per heavy atom. The van der Waals surface area contributed by atoms with Crippen LogP contribution in [-0.4, -0.2) is 37.3 Å². The summed E-state index contributed by atoms with van der Waals surface area (Å²) in [6.45, 7) is 9.77. The van der Waals surface area contributed by atoms with Gasteiger partial charge in [0, 0.05) is 19.7 Å². The zero-order valence-corrected chi connectivity index (χ0v) is 11.5. The predicted molar refractivity (Wildman–Crippen MR) is 72.1 cm³/mol. The molecule has 0 bridgehead atoms. The molecular formula is C11H21N3O2S. The molecule has 0 amide bonds. The molecule has 0 aliphatic rings. The molecule has 1 aromatic rings. The van der Waals surface area contributed by atoms with E-state index in [1.165, 1.54) is 11.5 Å². The summed E-state index contributed by atoms with van der Waals surface area (Å²) in [5.41, 5.74) is 5.79. The molecule has 1 heterocycles. The summed E-state index contributed by atoms with van der Waals surface area (Å²) < 4.78 is 15.0. The summed E-state index contributed by atoms with van der Waals surface area (Å²) in [4.78, 5) is 2.18. The third-order valence-corrected chi connectivity index (χ3v) is 3.23. The molecule has 0 aliphatic carbocycles. The van der Waals surface area contributed by atoms with Gasteiger partial charge in [-0.1, -0.05) is 0 Å². The molecule has 0 fully saturated rings. The van der Waals surface area contributed by atoms with Crippen molar-refractivity contribution in [1.82, 2.24) is 4.37 Å². The lowest BCUT2D eigenvalue weighted by Crippen LogP contribution is -2.26. The number of nitrogens with two attached hydrogens (primary N) is 1. The summed E-state index contributed by atoms with van der Waals surface area (Å²) >= 11 is 1.38. The Bertz CT molecular complexity index is 331. The minimum Gasteiger partial charge on any atom is -0.487 e. The number of anilines is 2. The molecule has 0 saturated heterocycles. The molecule has 2 N–H and O–H groups in total. The highest BCUT2D eigenvalue weighted by molar-refractivity contribution is 7.11. The van der Waals surface area contributed by atoms with Crippen molar-refractivity contribution in [1.29, 1.82) is 0 Å². The summed E-state index contributed by atoms with van der Waals surface area (Å²) in [5, 5.41) is 0.992.